The van der Waals surface area contributed by atoms with E-state index in [1.807, 2.05) is 0 Å². The normalized spacial score (nSPS) is 19.3. The van der Waals surface area contributed by atoms with Gasteiger partial charge in [0.2, 0.25) is 11.8 Å². The van der Waals surface area contributed by atoms with E-state index in [1.54, 1.807) is 19.1 Å². The number of hydrogen-bond acceptors (Lipinski definition) is 4. The molecule has 1 aliphatic carbocycles. The van der Waals surface area contributed by atoms with Gasteiger partial charge < -0.3 is 10.4 Å². The van der Waals surface area contributed by atoms with Gasteiger partial charge >= 0.3 is 5.97 Å². The van der Waals surface area contributed by atoms with Crippen molar-refractivity contribution in [2.24, 2.45) is 11.8 Å². The van der Waals surface area contributed by atoms with E-state index < -0.39 is 29.6 Å². The van der Waals surface area contributed by atoms with Crippen LogP contribution in [0.5, 0.6) is 0 Å². The number of carboxylic acid groups (broad SMARTS) is 1. The number of nitrogens with one attached hydrogen (secondary N) is 3. The van der Waals surface area contributed by atoms with Crippen molar-refractivity contribution in [3.05, 3.63) is 29.8 Å². The molecular weight excluding hydrogens is 338 g/mol. The van der Waals surface area contributed by atoms with Crippen molar-refractivity contribution in [1.29, 1.82) is 0 Å². The molecule has 2 unspecified atom stereocenters. The molecule has 0 bridgehead atoms. The lowest BCUT2D eigenvalue weighted by molar-refractivity contribution is -0.149. The van der Waals surface area contributed by atoms with Crippen LogP contribution in [0.2, 0.25) is 0 Å². The van der Waals surface area contributed by atoms with Gasteiger partial charge in [0.05, 0.1) is 11.8 Å². The van der Waals surface area contributed by atoms with E-state index in [4.69, 9.17) is 0 Å². The van der Waals surface area contributed by atoms with Gasteiger partial charge in [0.25, 0.3) is 5.91 Å². The van der Waals surface area contributed by atoms with Gasteiger partial charge in [0.1, 0.15) is 0 Å². The zero-order valence-electron chi connectivity index (χ0n) is 14.6. The highest BCUT2D eigenvalue weighted by Gasteiger charge is 2.35. The second-order valence-corrected chi connectivity index (χ2v) is 6.26. The van der Waals surface area contributed by atoms with Gasteiger partial charge in [-0.2, -0.15) is 0 Å². The van der Waals surface area contributed by atoms with Gasteiger partial charge in [-0.3, -0.25) is 30.0 Å². The van der Waals surface area contributed by atoms with Crippen LogP contribution in [0.25, 0.3) is 0 Å². The lowest BCUT2D eigenvalue weighted by Gasteiger charge is -2.27. The summed E-state index contributed by atoms with van der Waals surface area (Å²) in [6.07, 6.45) is 2.89. The molecule has 1 saturated carbocycles. The first-order valence-electron chi connectivity index (χ1n) is 8.65. The molecule has 8 heteroatoms. The molecule has 2 rings (SSSR count). The van der Waals surface area contributed by atoms with Crippen LogP contribution in [0, 0.1) is 11.8 Å². The monoisotopic (exact) mass is 361 g/mol. The van der Waals surface area contributed by atoms with Crippen LogP contribution in [-0.4, -0.2) is 28.8 Å². The van der Waals surface area contributed by atoms with Gasteiger partial charge in [-0.1, -0.05) is 19.8 Å². The second kappa shape index (κ2) is 8.98. The fourth-order valence-corrected chi connectivity index (χ4v) is 2.98. The molecule has 0 spiro atoms. The number of benzene rings is 1. The van der Waals surface area contributed by atoms with E-state index in [9.17, 15) is 24.3 Å². The summed E-state index contributed by atoms with van der Waals surface area (Å²) in [6, 6.07) is 6.22. The summed E-state index contributed by atoms with van der Waals surface area (Å²) in [5.74, 6) is -3.49. The van der Waals surface area contributed by atoms with Crippen LogP contribution in [0.3, 0.4) is 0 Å². The molecule has 26 heavy (non-hydrogen) atoms. The van der Waals surface area contributed by atoms with E-state index in [0.717, 1.165) is 12.8 Å². The fraction of sp³-hybridized carbons (Fsp3) is 0.444. The maximum Gasteiger partial charge on any atom is 0.307 e. The molecule has 1 fully saturated rings. The number of carbonyl (C=O) groups is 4. The standard InChI is InChI=1S/C18H23N3O5/c1-2-15(22)19-12-9-7-11(8-10-12)16(23)20-21-17(24)13-5-3-4-6-14(13)18(25)26/h7-10,13-14H,2-6H2,1H3,(H,19,22)(H,20,23)(H,21,24)(H,25,26). The largest absolute Gasteiger partial charge is 0.481 e. The molecule has 1 aliphatic rings. The fourth-order valence-electron chi connectivity index (χ4n) is 2.98. The minimum atomic E-state index is -0.985. The van der Waals surface area contributed by atoms with E-state index >= 15 is 0 Å². The first-order valence-corrected chi connectivity index (χ1v) is 8.65. The molecule has 3 amide bonds. The molecule has 1 aromatic rings. The summed E-state index contributed by atoms with van der Waals surface area (Å²) in [7, 11) is 0. The predicted molar refractivity (Wildman–Crippen MR) is 94.1 cm³/mol. The van der Waals surface area contributed by atoms with Crippen LogP contribution < -0.4 is 16.2 Å². The number of amides is 3. The summed E-state index contributed by atoms with van der Waals surface area (Å²) in [5.41, 5.74) is 5.51. The molecule has 8 nitrogen and oxygen atoms in total. The summed E-state index contributed by atoms with van der Waals surface area (Å²) in [5, 5.41) is 11.9. The quantitative estimate of drug-likeness (QED) is 0.594. The summed E-state index contributed by atoms with van der Waals surface area (Å²) < 4.78 is 0. The highest BCUT2D eigenvalue weighted by molar-refractivity contribution is 5.97. The Labute approximate surface area is 151 Å². The number of aliphatic carboxylic acids is 1. The third-order valence-electron chi connectivity index (χ3n) is 4.47. The number of hydrogen-bond donors (Lipinski definition) is 4. The second-order valence-electron chi connectivity index (χ2n) is 6.26. The van der Waals surface area contributed by atoms with Gasteiger partial charge in [-0.25, -0.2) is 0 Å². The summed E-state index contributed by atoms with van der Waals surface area (Å²) >= 11 is 0. The Balaban J connectivity index is 1.90. The van der Waals surface area contributed by atoms with Crippen LogP contribution in [0.15, 0.2) is 24.3 Å². The molecule has 140 valence electrons. The average Bonchev–Trinajstić information content (AvgIpc) is 2.66. The third-order valence-corrected chi connectivity index (χ3v) is 4.47. The van der Waals surface area contributed by atoms with Crippen molar-refractivity contribution < 1.29 is 24.3 Å². The van der Waals surface area contributed by atoms with E-state index in [-0.39, 0.29) is 5.91 Å². The average molecular weight is 361 g/mol. The number of rotatable bonds is 5. The highest BCUT2D eigenvalue weighted by atomic mass is 16.4. The van der Waals surface area contributed by atoms with Crippen LogP contribution in [0.1, 0.15) is 49.4 Å². The first-order chi connectivity index (χ1) is 12.4. The first kappa shape index (κ1) is 19.4. The maximum atomic E-state index is 12.2. The molecule has 2 atom stereocenters. The van der Waals surface area contributed by atoms with Crippen LogP contribution in [-0.2, 0) is 14.4 Å². The van der Waals surface area contributed by atoms with Crippen LogP contribution >= 0.6 is 0 Å². The summed E-state index contributed by atoms with van der Waals surface area (Å²) in [4.78, 5) is 46.9. The zero-order chi connectivity index (χ0) is 19.1. The molecule has 4 N–H and O–H groups in total. The Hall–Kier alpha value is -2.90. The molecule has 1 aromatic carbocycles. The van der Waals surface area contributed by atoms with Crippen molar-refractivity contribution in [2.75, 3.05) is 5.32 Å². The number of carboxylic acids is 1. The Morgan fingerprint density at radius 3 is 2.19 bits per heavy atom. The minimum Gasteiger partial charge on any atom is -0.481 e. The third kappa shape index (κ3) is 5.05. The van der Waals surface area contributed by atoms with Crippen molar-refractivity contribution >= 4 is 29.4 Å². The van der Waals surface area contributed by atoms with Gasteiger partial charge in [0.15, 0.2) is 0 Å². The Kier molecular flexibility index (Phi) is 6.71. The topological polar surface area (TPSA) is 125 Å². The minimum absolute atomic E-state index is 0.130. The highest BCUT2D eigenvalue weighted by Crippen LogP contribution is 2.30. The molecular formula is C18H23N3O5. The van der Waals surface area contributed by atoms with E-state index in [0.29, 0.717) is 30.5 Å². The Bertz CT molecular complexity index is 687. The SMILES string of the molecule is CCC(=O)Nc1ccc(C(=O)NNC(=O)C2CCCCC2C(=O)O)cc1. The van der Waals surface area contributed by atoms with Crippen molar-refractivity contribution in [1.82, 2.24) is 10.9 Å². The molecule has 0 aromatic heterocycles. The maximum absolute atomic E-state index is 12.2. The number of hydrazine groups is 1. The number of carbonyl (C=O) groups excluding carboxylic acids is 3. The van der Waals surface area contributed by atoms with Crippen molar-refractivity contribution in [3.8, 4) is 0 Å². The Morgan fingerprint density at radius 2 is 1.62 bits per heavy atom. The molecule has 0 radical (unpaired) electrons. The van der Waals surface area contributed by atoms with Crippen molar-refractivity contribution in [2.45, 2.75) is 39.0 Å². The van der Waals surface area contributed by atoms with Crippen molar-refractivity contribution in [3.63, 3.8) is 0 Å². The van der Waals surface area contributed by atoms with E-state index in [2.05, 4.69) is 16.2 Å². The summed E-state index contributed by atoms with van der Waals surface area (Å²) in [6.45, 7) is 1.74. The zero-order valence-corrected chi connectivity index (χ0v) is 14.6. The predicted octanol–water partition coefficient (Wildman–Crippen LogP) is 1.69. The Morgan fingerprint density at radius 1 is 1.00 bits per heavy atom. The number of anilines is 1. The van der Waals surface area contributed by atoms with Gasteiger partial charge in [-0.15, -0.1) is 0 Å². The van der Waals surface area contributed by atoms with E-state index in [1.165, 1.54) is 12.1 Å². The van der Waals surface area contributed by atoms with Gasteiger partial charge in [-0.05, 0) is 37.1 Å². The molecule has 0 aliphatic heterocycles. The van der Waals surface area contributed by atoms with Crippen LogP contribution in [0.4, 0.5) is 5.69 Å². The lowest BCUT2D eigenvalue weighted by Crippen LogP contribution is -2.47. The van der Waals surface area contributed by atoms with Gasteiger partial charge in [0, 0.05) is 17.7 Å². The lowest BCUT2D eigenvalue weighted by atomic mass is 9.79. The molecule has 0 heterocycles. The molecule has 0 saturated heterocycles. The smallest absolute Gasteiger partial charge is 0.307 e.